The average Bonchev–Trinajstić information content (AvgIpc) is 2.69. The van der Waals surface area contributed by atoms with Crippen molar-refractivity contribution in [3.05, 3.63) is 70.8 Å². The van der Waals surface area contributed by atoms with E-state index < -0.39 is 0 Å². The molecule has 0 aliphatic rings. The quantitative estimate of drug-likeness (QED) is 0.188. The Balaban J connectivity index is 0. The first-order valence-electron chi connectivity index (χ1n) is 9.26. The zero-order valence-corrected chi connectivity index (χ0v) is 23.5. The third kappa shape index (κ3) is 19.6. The van der Waals surface area contributed by atoms with Crippen molar-refractivity contribution in [2.75, 3.05) is 0 Å². The molecule has 0 aromatic heterocycles. The molecule has 2 rings (SSSR count). The molecule has 0 unspecified atom stereocenters. The van der Waals surface area contributed by atoms with Crippen LogP contribution in [-0.4, -0.2) is 23.5 Å². The van der Waals surface area contributed by atoms with Gasteiger partial charge in [0.15, 0.2) is 0 Å². The van der Waals surface area contributed by atoms with E-state index in [0.717, 1.165) is 11.1 Å². The number of hydrogen-bond acceptors (Lipinski definition) is 2. The van der Waals surface area contributed by atoms with Crippen LogP contribution >= 0.6 is 19.1 Å². The van der Waals surface area contributed by atoms with E-state index >= 15 is 0 Å². The van der Waals surface area contributed by atoms with Crippen molar-refractivity contribution in [3.63, 3.8) is 0 Å². The standard InChI is InChI=1S/2C12H16N.2ClH.2Pd/c2*1-10-5-7-11(8-6-10)9-13-12(2,3)4;;;;/h2*5-7,9H,1-4H3;2*1H;;/q2*-1;;;2*+2/p-2. The molecule has 0 radical (unpaired) electrons. The van der Waals surface area contributed by atoms with Gasteiger partial charge in [-0.15, -0.1) is 70.8 Å². The van der Waals surface area contributed by atoms with Gasteiger partial charge in [0.25, 0.3) is 0 Å². The number of hydrogen-bond donors (Lipinski definition) is 0. The zero-order valence-electron chi connectivity index (χ0n) is 18.9. The van der Waals surface area contributed by atoms with Gasteiger partial charge >= 0.3 is 55.4 Å². The van der Waals surface area contributed by atoms with Gasteiger partial charge in [-0.3, -0.25) is 0 Å². The van der Waals surface area contributed by atoms with Crippen LogP contribution in [0.25, 0.3) is 0 Å². The van der Waals surface area contributed by atoms with Crippen LogP contribution in [0.5, 0.6) is 0 Å². The van der Waals surface area contributed by atoms with E-state index in [0.29, 0.717) is 0 Å². The van der Waals surface area contributed by atoms with Gasteiger partial charge in [-0.1, -0.05) is 26.3 Å². The van der Waals surface area contributed by atoms with Crippen LogP contribution in [-0.2, 0) is 36.4 Å². The van der Waals surface area contributed by atoms with Crippen LogP contribution in [0.2, 0.25) is 0 Å². The van der Waals surface area contributed by atoms with Gasteiger partial charge in [-0.05, 0) is 41.5 Å². The van der Waals surface area contributed by atoms with Gasteiger partial charge in [0.1, 0.15) is 0 Å². The maximum absolute atomic E-state index is 4.49. The van der Waals surface area contributed by atoms with Crippen molar-refractivity contribution in [3.8, 4) is 0 Å². The topological polar surface area (TPSA) is 24.7 Å². The molecule has 6 heteroatoms. The summed E-state index contributed by atoms with van der Waals surface area (Å²) in [4.78, 5) is 8.80. The van der Waals surface area contributed by atoms with E-state index in [4.69, 9.17) is 0 Å². The predicted molar refractivity (Wildman–Crippen MR) is 126 cm³/mol. The molecule has 0 N–H and O–H groups in total. The monoisotopic (exact) mass is 630 g/mol. The van der Waals surface area contributed by atoms with Crippen molar-refractivity contribution >= 4 is 31.5 Å². The van der Waals surface area contributed by atoms with Gasteiger partial charge in [-0.2, -0.15) is 0 Å². The molecule has 0 aliphatic heterocycles. The third-order valence-electron chi connectivity index (χ3n) is 3.17. The fourth-order valence-corrected chi connectivity index (χ4v) is 1.72. The summed E-state index contributed by atoms with van der Waals surface area (Å²) in [5.74, 6) is 0. The Morgan fingerprint density at radius 1 is 0.667 bits per heavy atom. The summed E-state index contributed by atoms with van der Waals surface area (Å²) >= 11 is 4.44. The number of rotatable bonds is 2. The molecule has 2 nitrogen and oxygen atoms in total. The Labute approximate surface area is 213 Å². The normalized spacial score (nSPS) is 11.1. The molecule has 0 saturated carbocycles. The molecule has 172 valence electrons. The Hall–Kier alpha value is -0.315. The van der Waals surface area contributed by atoms with E-state index in [1.54, 1.807) is 0 Å². The molecule has 2 aromatic rings. The predicted octanol–water partition coefficient (Wildman–Crippen LogP) is 7.40. The summed E-state index contributed by atoms with van der Waals surface area (Å²) in [7, 11) is 8.98. The SMILES string of the molecule is Cc1c[c-]c(C=NC(C)(C)C)cc1.Cc1c[c-]c(C=NC(C)(C)C)cc1.[Cl][Pd+].[Cl][Pd+]. The fraction of sp³-hybridized carbons (Fsp3) is 0.417. The average molecular weight is 632 g/mol. The van der Waals surface area contributed by atoms with Crippen LogP contribution in [0.4, 0.5) is 0 Å². The summed E-state index contributed by atoms with van der Waals surface area (Å²) in [6.45, 7) is 16.6. The molecule has 0 fully saturated rings. The van der Waals surface area contributed by atoms with Crippen LogP contribution < -0.4 is 0 Å². The molecule has 0 saturated heterocycles. The van der Waals surface area contributed by atoms with Crippen molar-refractivity contribution in [1.29, 1.82) is 0 Å². The molecule has 0 atom stereocenters. The van der Waals surface area contributed by atoms with Crippen molar-refractivity contribution in [2.45, 2.75) is 66.5 Å². The summed E-state index contributed by atoms with van der Waals surface area (Å²) in [5, 5.41) is 0. The Kier molecular flexibility index (Phi) is 18.3. The first-order chi connectivity index (χ1) is 13.9. The minimum atomic E-state index is -0.00126. The molecule has 30 heavy (non-hydrogen) atoms. The Morgan fingerprint density at radius 2 is 0.967 bits per heavy atom. The van der Waals surface area contributed by atoms with Gasteiger partial charge in [0.2, 0.25) is 0 Å². The van der Waals surface area contributed by atoms with Crippen LogP contribution in [0, 0.1) is 26.0 Å². The van der Waals surface area contributed by atoms with Gasteiger partial charge < -0.3 is 9.98 Å². The van der Waals surface area contributed by atoms with Crippen LogP contribution in [0.1, 0.15) is 63.8 Å². The van der Waals surface area contributed by atoms with Crippen molar-refractivity contribution in [2.24, 2.45) is 9.98 Å². The number of benzene rings is 2. The number of aryl methyl sites for hydroxylation is 2. The molecule has 0 amide bonds. The Bertz CT molecular complexity index is 662. The van der Waals surface area contributed by atoms with Gasteiger partial charge in [0, 0.05) is 11.1 Å². The van der Waals surface area contributed by atoms with Crippen molar-refractivity contribution < 1.29 is 36.4 Å². The van der Waals surface area contributed by atoms with E-state index in [1.807, 2.05) is 36.7 Å². The second-order valence-electron chi connectivity index (χ2n) is 8.50. The van der Waals surface area contributed by atoms with E-state index in [2.05, 4.69) is 145 Å². The summed E-state index contributed by atoms with van der Waals surface area (Å²) < 4.78 is 0. The second-order valence-corrected chi connectivity index (χ2v) is 8.50. The number of nitrogens with zero attached hydrogens (tertiary/aromatic N) is 2. The molecule has 0 heterocycles. The van der Waals surface area contributed by atoms with E-state index in [1.165, 1.54) is 11.1 Å². The summed E-state index contributed by atoms with van der Waals surface area (Å²) in [6, 6.07) is 18.5. The van der Waals surface area contributed by atoms with Gasteiger partial charge in [-0.25, -0.2) is 0 Å². The molecular formula is C24H32Cl2N2Pd2. The molecule has 2 aromatic carbocycles. The van der Waals surface area contributed by atoms with Gasteiger partial charge in [0.05, 0.1) is 0 Å². The molecular weight excluding hydrogens is 600 g/mol. The fourth-order valence-electron chi connectivity index (χ4n) is 1.72. The maximum atomic E-state index is 4.49. The molecule has 0 bridgehead atoms. The molecule has 0 aliphatic carbocycles. The Morgan fingerprint density at radius 3 is 1.17 bits per heavy atom. The van der Waals surface area contributed by atoms with E-state index in [9.17, 15) is 0 Å². The third-order valence-corrected chi connectivity index (χ3v) is 3.17. The molecule has 0 spiro atoms. The van der Waals surface area contributed by atoms with Crippen LogP contribution in [0.3, 0.4) is 0 Å². The summed E-state index contributed by atoms with van der Waals surface area (Å²) in [5.41, 5.74) is 4.54. The first-order valence-corrected chi connectivity index (χ1v) is 13.3. The number of halogens is 2. The number of aliphatic imine (C=N–C) groups is 2. The summed E-state index contributed by atoms with van der Waals surface area (Å²) in [6.07, 6.45) is 3.75. The minimum absolute atomic E-state index is 0.00126. The second kappa shape index (κ2) is 17.3. The van der Waals surface area contributed by atoms with E-state index in [-0.39, 0.29) is 11.1 Å². The van der Waals surface area contributed by atoms with Crippen molar-refractivity contribution in [1.82, 2.24) is 0 Å². The first kappa shape index (κ1) is 31.9. The zero-order chi connectivity index (χ0) is 23.8. The van der Waals surface area contributed by atoms with Crippen LogP contribution in [0.15, 0.2) is 46.4 Å².